The van der Waals surface area contributed by atoms with Gasteiger partial charge in [-0.05, 0) is 89.8 Å². The van der Waals surface area contributed by atoms with Crippen LogP contribution in [-0.2, 0) is 6.54 Å². The summed E-state index contributed by atoms with van der Waals surface area (Å²) in [4.78, 5) is 2.48. The van der Waals surface area contributed by atoms with Crippen molar-refractivity contribution in [1.29, 1.82) is 0 Å². The fraction of sp³-hybridized carbons (Fsp3) is 0.0213. The number of furan rings is 1. The van der Waals surface area contributed by atoms with Crippen LogP contribution in [0, 0.1) is 0 Å². The minimum absolute atomic E-state index is 0.694. The van der Waals surface area contributed by atoms with E-state index in [-0.39, 0.29) is 0 Å². The maximum atomic E-state index is 6.34. The van der Waals surface area contributed by atoms with E-state index >= 15 is 0 Å². The Bertz CT molecular complexity index is 3080. The molecule has 11 rings (SSSR count). The molecule has 0 amide bonds. The molecule has 11 aromatic rings. The summed E-state index contributed by atoms with van der Waals surface area (Å²) in [6, 6.07) is 60.0. The van der Waals surface area contributed by atoms with Crippen LogP contribution in [0.4, 0.5) is 11.4 Å². The molecule has 0 aliphatic rings. The Kier molecular flexibility index (Phi) is 5.47. The van der Waals surface area contributed by atoms with Gasteiger partial charge in [-0.15, -0.1) is 0 Å². The summed E-state index contributed by atoms with van der Waals surface area (Å²) < 4.78 is 6.34. The van der Waals surface area contributed by atoms with Crippen LogP contribution in [0.15, 0.2) is 168 Å². The van der Waals surface area contributed by atoms with Crippen molar-refractivity contribution >= 4 is 97.9 Å². The molecule has 228 valence electrons. The molecule has 1 aromatic heterocycles. The van der Waals surface area contributed by atoms with E-state index in [1.165, 1.54) is 75.9 Å². The van der Waals surface area contributed by atoms with Gasteiger partial charge in [0.2, 0.25) is 0 Å². The Labute approximate surface area is 282 Å². The van der Waals surface area contributed by atoms with Gasteiger partial charge in [-0.3, -0.25) is 0 Å². The molecule has 0 aliphatic heterocycles. The summed E-state index contributed by atoms with van der Waals surface area (Å²) in [5.74, 6) is 0. The van der Waals surface area contributed by atoms with Crippen molar-refractivity contribution in [2.45, 2.75) is 6.54 Å². The van der Waals surface area contributed by atoms with Crippen molar-refractivity contribution in [2.24, 2.45) is 0 Å². The van der Waals surface area contributed by atoms with E-state index in [0.717, 1.165) is 27.6 Å². The van der Waals surface area contributed by atoms with Gasteiger partial charge in [0.15, 0.2) is 0 Å². The number of para-hydroxylation sites is 2. The summed E-state index contributed by atoms with van der Waals surface area (Å²) in [6.45, 7) is 0.694. The van der Waals surface area contributed by atoms with Crippen LogP contribution in [0.2, 0.25) is 0 Å². The highest BCUT2D eigenvalue weighted by Gasteiger charge is 2.20. The van der Waals surface area contributed by atoms with Gasteiger partial charge in [0.1, 0.15) is 11.2 Å². The Morgan fingerprint density at radius 2 is 0.918 bits per heavy atom. The number of anilines is 2. The second-order valence-electron chi connectivity index (χ2n) is 13.3. The molecule has 2 nitrogen and oxygen atoms in total. The van der Waals surface area contributed by atoms with Crippen LogP contribution >= 0.6 is 0 Å². The zero-order valence-corrected chi connectivity index (χ0v) is 26.7. The van der Waals surface area contributed by atoms with Crippen LogP contribution in [0.1, 0.15) is 5.56 Å². The Hall–Kier alpha value is -6.38. The van der Waals surface area contributed by atoms with Gasteiger partial charge in [-0.25, -0.2) is 0 Å². The van der Waals surface area contributed by atoms with Gasteiger partial charge >= 0.3 is 0 Å². The molecule has 0 bridgehead atoms. The summed E-state index contributed by atoms with van der Waals surface area (Å²) >= 11 is 0. The zero-order valence-electron chi connectivity index (χ0n) is 26.7. The van der Waals surface area contributed by atoms with Crippen LogP contribution < -0.4 is 4.90 Å². The lowest BCUT2D eigenvalue weighted by Gasteiger charge is -2.28. The number of hydrogen-bond acceptors (Lipinski definition) is 2. The third kappa shape index (κ3) is 3.83. The molecule has 0 atom stereocenters. The van der Waals surface area contributed by atoms with Crippen LogP contribution in [0.25, 0.3) is 86.6 Å². The van der Waals surface area contributed by atoms with Gasteiger partial charge < -0.3 is 9.32 Å². The molecular weight excluding hydrogens is 595 g/mol. The number of nitrogens with zero attached hydrogens (tertiary/aromatic N) is 1. The van der Waals surface area contributed by atoms with Crippen LogP contribution in [0.5, 0.6) is 0 Å². The van der Waals surface area contributed by atoms with Gasteiger partial charge in [0.05, 0.1) is 0 Å². The zero-order chi connectivity index (χ0) is 32.1. The first kappa shape index (κ1) is 26.7. The second kappa shape index (κ2) is 10.1. The Morgan fingerprint density at radius 3 is 1.65 bits per heavy atom. The van der Waals surface area contributed by atoms with Gasteiger partial charge in [0, 0.05) is 39.5 Å². The van der Waals surface area contributed by atoms with Crippen LogP contribution in [-0.4, -0.2) is 0 Å². The van der Waals surface area contributed by atoms with Gasteiger partial charge in [0.25, 0.3) is 0 Å². The molecule has 0 N–H and O–H groups in total. The average molecular weight is 624 g/mol. The highest BCUT2D eigenvalue weighted by molar-refractivity contribution is 6.38. The SMILES string of the molecule is c1ccc(N(Cc2ccc3c(c2)oc2ccccc23)c2cc3cccc4c5cccc6ccc7cccc(c8cccc2c8c34)c7c65)cc1. The monoisotopic (exact) mass is 623 g/mol. The first-order chi connectivity index (χ1) is 24.3. The predicted octanol–water partition coefficient (Wildman–Crippen LogP) is 13.3. The smallest absolute Gasteiger partial charge is 0.135 e. The Morgan fingerprint density at radius 1 is 0.367 bits per heavy atom. The largest absolute Gasteiger partial charge is 0.456 e. The standard InChI is InChI=1S/C47H29NO/c1-2-13-33(14-3-1)48(28-29-22-25-35-34-15-4-5-21-42(34)49-43(35)26-29)41-27-32-12-8-18-37-36-16-6-10-30-23-24-31-11-7-17-38(45(31)44(30)36)39-19-9-20-40(41)47(39)46(32)37/h1-27H,28H2. The first-order valence-electron chi connectivity index (χ1n) is 17.0. The number of fused-ring (bicyclic) bond motifs is 5. The van der Waals surface area contributed by atoms with Gasteiger partial charge in [-0.2, -0.15) is 0 Å². The molecule has 49 heavy (non-hydrogen) atoms. The molecule has 0 saturated carbocycles. The van der Waals surface area contributed by atoms with Crippen molar-refractivity contribution in [2.75, 3.05) is 4.90 Å². The molecule has 2 heteroatoms. The molecule has 10 aromatic carbocycles. The average Bonchev–Trinajstić information content (AvgIpc) is 3.53. The van der Waals surface area contributed by atoms with Crippen molar-refractivity contribution in [3.63, 3.8) is 0 Å². The van der Waals surface area contributed by atoms with E-state index in [1.54, 1.807) is 0 Å². The fourth-order valence-electron chi connectivity index (χ4n) is 8.48. The summed E-state index contributed by atoms with van der Waals surface area (Å²) in [5, 5.41) is 17.8. The van der Waals surface area contributed by atoms with E-state index in [1.807, 2.05) is 12.1 Å². The maximum absolute atomic E-state index is 6.34. The van der Waals surface area contributed by atoms with Crippen molar-refractivity contribution in [3.8, 4) is 0 Å². The summed E-state index contributed by atoms with van der Waals surface area (Å²) in [5.41, 5.74) is 5.38. The molecule has 0 spiro atoms. The van der Waals surface area contributed by atoms with Crippen LogP contribution in [0.3, 0.4) is 0 Å². The van der Waals surface area contributed by atoms with Gasteiger partial charge in [-0.1, -0.05) is 133 Å². The lowest BCUT2D eigenvalue weighted by Crippen LogP contribution is -2.17. The summed E-state index contributed by atoms with van der Waals surface area (Å²) in [6.07, 6.45) is 0. The molecule has 0 unspecified atom stereocenters. The molecule has 0 aliphatic carbocycles. The fourth-order valence-corrected chi connectivity index (χ4v) is 8.48. The Balaban J connectivity index is 1.25. The summed E-state index contributed by atoms with van der Waals surface area (Å²) in [7, 11) is 0. The quantitative estimate of drug-likeness (QED) is 0.181. The molecule has 1 heterocycles. The first-order valence-corrected chi connectivity index (χ1v) is 17.0. The maximum Gasteiger partial charge on any atom is 0.135 e. The third-order valence-corrected chi connectivity index (χ3v) is 10.6. The van der Waals surface area contributed by atoms with E-state index in [4.69, 9.17) is 4.42 Å². The lowest BCUT2D eigenvalue weighted by atomic mass is 9.87. The third-order valence-electron chi connectivity index (χ3n) is 10.6. The second-order valence-corrected chi connectivity index (χ2v) is 13.3. The minimum Gasteiger partial charge on any atom is -0.456 e. The lowest BCUT2D eigenvalue weighted by molar-refractivity contribution is 0.668. The number of benzene rings is 9. The molecular formula is C47H29NO. The van der Waals surface area contributed by atoms with E-state index in [2.05, 4.69) is 157 Å². The molecule has 0 fully saturated rings. The highest BCUT2D eigenvalue weighted by Crippen LogP contribution is 2.46. The highest BCUT2D eigenvalue weighted by atomic mass is 16.3. The van der Waals surface area contributed by atoms with Crippen molar-refractivity contribution in [3.05, 3.63) is 169 Å². The number of hydrogen-bond donors (Lipinski definition) is 0. The number of rotatable bonds is 4. The van der Waals surface area contributed by atoms with E-state index in [9.17, 15) is 0 Å². The van der Waals surface area contributed by atoms with E-state index in [0.29, 0.717) is 6.54 Å². The molecule has 0 saturated heterocycles. The van der Waals surface area contributed by atoms with Crippen molar-refractivity contribution < 1.29 is 4.42 Å². The normalized spacial score (nSPS) is 12.2. The molecule has 0 radical (unpaired) electrons. The van der Waals surface area contributed by atoms with Crippen molar-refractivity contribution in [1.82, 2.24) is 0 Å². The topological polar surface area (TPSA) is 16.4 Å². The van der Waals surface area contributed by atoms with E-state index < -0.39 is 0 Å². The predicted molar refractivity (Wildman–Crippen MR) is 209 cm³/mol. The minimum atomic E-state index is 0.694.